The summed E-state index contributed by atoms with van der Waals surface area (Å²) >= 11 is 0. The molecule has 37 heavy (non-hydrogen) atoms. The molecule has 3 aromatic carbocycles. The van der Waals surface area contributed by atoms with E-state index in [0.717, 1.165) is 18.2 Å². The minimum absolute atomic E-state index is 0.0765. The van der Waals surface area contributed by atoms with Gasteiger partial charge in [-0.3, -0.25) is 0 Å². The Morgan fingerprint density at radius 3 is 2.30 bits per heavy atom. The van der Waals surface area contributed by atoms with Crippen molar-refractivity contribution in [2.24, 2.45) is 0 Å². The van der Waals surface area contributed by atoms with Gasteiger partial charge in [0, 0.05) is 12.6 Å². The number of nitrogens with zero attached hydrogens (tertiary/aromatic N) is 1. The van der Waals surface area contributed by atoms with E-state index in [1.165, 1.54) is 12.1 Å². The first kappa shape index (κ1) is 27.9. The van der Waals surface area contributed by atoms with Gasteiger partial charge < -0.3 is 19.1 Å². The Balaban J connectivity index is 1.72. The molecule has 0 atom stereocenters. The minimum Gasteiger partial charge on any atom is -0.492 e. The molecule has 198 valence electrons. The minimum atomic E-state index is -4.69. The first-order valence-corrected chi connectivity index (χ1v) is 12.8. The summed E-state index contributed by atoms with van der Waals surface area (Å²) in [7, 11) is -4.49. The Labute approximate surface area is 213 Å². The number of para-hydroxylation sites is 2. The molecular formula is C26H27F3N2O5S. The van der Waals surface area contributed by atoms with Crippen LogP contribution >= 0.6 is 0 Å². The number of urea groups is 1. The molecule has 0 heterocycles. The van der Waals surface area contributed by atoms with Crippen LogP contribution in [0.1, 0.15) is 31.9 Å². The van der Waals surface area contributed by atoms with Crippen molar-refractivity contribution in [1.29, 1.82) is 0 Å². The quantitative estimate of drug-likeness (QED) is 0.324. The molecule has 1 N–H and O–H groups in total. The maximum Gasteiger partial charge on any atom is 0.416 e. The second kappa shape index (κ2) is 11.5. The molecule has 0 spiro atoms. The fraction of sp³-hybridized carbons (Fsp3) is 0.269. The Morgan fingerprint density at radius 2 is 1.68 bits per heavy atom. The van der Waals surface area contributed by atoms with Crippen LogP contribution in [-0.2, 0) is 22.8 Å². The molecule has 0 aliphatic heterocycles. The van der Waals surface area contributed by atoms with E-state index in [1.807, 2.05) is 20.8 Å². The zero-order chi connectivity index (χ0) is 27.2. The molecule has 0 fully saturated rings. The highest BCUT2D eigenvalue weighted by molar-refractivity contribution is 7.87. The molecule has 3 aromatic rings. The highest BCUT2D eigenvalue weighted by Crippen LogP contribution is 2.31. The summed E-state index contributed by atoms with van der Waals surface area (Å²) in [5, 5.41) is 2.85. The van der Waals surface area contributed by atoms with Crippen molar-refractivity contribution < 1.29 is 35.3 Å². The first-order valence-electron chi connectivity index (χ1n) is 11.4. The molecule has 11 heteroatoms. The molecule has 2 amide bonds. The standard InChI is InChI=1S/C26H27F3N2O5S/c1-4-35-24-11-6-5-10-23(24)30-25(32)31(18(2)3)17-19-12-14-21(15-13-19)36-37(33,34)22-9-7-8-20(16-22)26(27,28)29/h5-16,18H,4,17H2,1-3H3,(H,30,32). The van der Waals surface area contributed by atoms with Crippen LogP contribution in [0.15, 0.2) is 77.7 Å². The molecule has 0 radical (unpaired) electrons. The van der Waals surface area contributed by atoms with Gasteiger partial charge in [-0.25, -0.2) is 4.79 Å². The van der Waals surface area contributed by atoms with Crippen LogP contribution < -0.4 is 14.2 Å². The van der Waals surface area contributed by atoms with Crippen molar-refractivity contribution in [3.8, 4) is 11.5 Å². The highest BCUT2D eigenvalue weighted by Gasteiger charge is 2.32. The van der Waals surface area contributed by atoms with Gasteiger partial charge in [0.15, 0.2) is 0 Å². The largest absolute Gasteiger partial charge is 0.492 e. The number of hydrogen-bond donors (Lipinski definition) is 1. The number of alkyl halides is 3. The number of carbonyl (C=O) groups excluding carboxylic acids is 1. The third-order valence-corrected chi connectivity index (χ3v) is 6.49. The molecular weight excluding hydrogens is 509 g/mol. The van der Waals surface area contributed by atoms with Crippen LogP contribution in [0.2, 0.25) is 0 Å². The maximum absolute atomic E-state index is 13.0. The summed E-state index contributed by atoms with van der Waals surface area (Å²) in [5.74, 6) is 0.470. The number of benzene rings is 3. The van der Waals surface area contributed by atoms with Crippen molar-refractivity contribution in [3.63, 3.8) is 0 Å². The third kappa shape index (κ3) is 7.39. The number of halogens is 3. The van der Waals surface area contributed by atoms with Crippen molar-refractivity contribution in [3.05, 3.63) is 83.9 Å². The van der Waals surface area contributed by atoms with Crippen LogP contribution in [0.4, 0.5) is 23.7 Å². The second-order valence-electron chi connectivity index (χ2n) is 8.29. The van der Waals surface area contributed by atoms with E-state index < -0.39 is 26.8 Å². The Morgan fingerprint density at radius 1 is 1.00 bits per heavy atom. The first-order chi connectivity index (χ1) is 17.4. The van der Waals surface area contributed by atoms with Crippen molar-refractivity contribution in [2.45, 2.75) is 44.4 Å². The Hall–Kier alpha value is -3.73. The summed E-state index contributed by atoms with van der Waals surface area (Å²) in [6.45, 7) is 6.21. The summed E-state index contributed by atoms with van der Waals surface area (Å²) in [6, 6.07) is 15.8. The maximum atomic E-state index is 13.0. The van der Waals surface area contributed by atoms with Gasteiger partial charge >= 0.3 is 22.3 Å². The molecule has 3 rings (SSSR count). The monoisotopic (exact) mass is 536 g/mol. The second-order valence-corrected chi connectivity index (χ2v) is 9.83. The van der Waals surface area contributed by atoms with Crippen LogP contribution in [0.3, 0.4) is 0 Å². The fourth-order valence-electron chi connectivity index (χ4n) is 3.38. The molecule has 0 bridgehead atoms. The topological polar surface area (TPSA) is 84.9 Å². The highest BCUT2D eigenvalue weighted by atomic mass is 32.2. The molecule has 0 aliphatic rings. The summed E-state index contributed by atoms with van der Waals surface area (Å²) in [6.07, 6.45) is -4.69. The fourth-order valence-corrected chi connectivity index (χ4v) is 4.35. The van der Waals surface area contributed by atoms with Gasteiger partial charge in [0.05, 0.1) is 17.9 Å². The van der Waals surface area contributed by atoms with Crippen molar-refractivity contribution >= 4 is 21.8 Å². The van der Waals surface area contributed by atoms with Gasteiger partial charge in [-0.1, -0.05) is 30.3 Å². The number of nitrogens with one attached hydrogen (secondary N) is 1. The molecule has 0 aromatic heterocycles. The Kier molecular flexibility index (Phi) is 8.69. The summed E-state index contributed by atoms with van der Waals surface area (Å²) in [5.41, 5.74) is 0.123. The molecule has 0 saturated heterocycles. The normalized spacial score (nSPS) is 11.8. The van der Waals surface area contributed by atoms with E-state index in [-0.39, 0.29) is 24.4 Å². The van der Waals surface area contributed by atoms with Crippen LogP contribution in [0, 0.1) is 0 Å². The average molecular weight is 537 g/mol. The summed E-state index contributed by atoms with van der Waals surface area (Å²) in [4.78, 5) is 14.0. The average Bonchev–Trinajstić information content (AvgIpc) is 2.84. The number of hydrogen-bond acceptors (Lipinski definition) is 5. The van der Waals surface area contributed by atoms with Crippen molar-refractivity contribution in [1.82, 2.24) is 4.90 Å². The van der Waals surface area contributed by atoms with Crippen LogP contribution in [0.5, 0.6) is 11.5 Å². The van der Waals surface area contributed by atoms with Gasteiger partial charge in [-0.2, -0.15) is 21.6 Å². The lowest BCUT2D eigenvalue weighted by atomic mass is 10.2. The Bertz CT molecular complexity index is 1330. The number of anilines is 1. The molecule has 7 nitrogen and oxygen atoms in total. The molecule has 0 aliphatic carbocycles. The van der Waals surface area contributed by atoms with Crippen LogP contribution in [0.25, 0.3) is 0 Å². The van der Waals surface area contributed by atoms with Gasteiger partial charge in [0.1, 0.15) is 16.4 Å². The number of rotatable bonds is 9. The number of amides is 2. The lowest BCUT2D eigenvalue weighted by Crippen LogP contribution is -2.39. The third-order valence-electron chi connectivity index (χ3n) is 5.24. The van der Waals surface area contributed by atoms with Gasteiger partial charge in [-0.15, -0.1) is 0 Å². The summed E-state index contributed by atoms with van der Waals surface area (Å²) < 4.78 is 74.4. The van der Waals surface area contributed by atoms with E-state index in [0.29, 0.717) is 29.7 Å². The van der Waals surface area contributed by atoms with Crippen LogP contribution in [-0.4, -0.2) is 32.0 Å². The van der Waals surface area contributed by atoms with E-state index in [1.54, 1.807) is 41.3 Å². The van der Waals surface area contributed by atoms with E-state index in [2.05, 4.69) is 5.32 Å². The SMILES string of the molecule is CCOc1ccccc1NC(=O)N(Cc1ccc(OS(=O)(=O)c2cccc(C(F)(F)F)c2)cc1)C(C)C. The smallest absolute Gasteiger partial charge is 0.416 e. The van der Waals surface area contributed by atoms with Gasteiger partial charge in [0.2, 0.25) is 0 Å². The predicted molar refractivity (Wildman–Crippen MR) is 133 cm³/mol. The molecule has 0 saturated carbocycles. The number of carbonyl (C=O) groups is 1. The zero-order valence-corrected chi connectivity index (χ0v) is 21.3. The van der Waals surface area contributed by atoms with Crippen molar-refractivity contribution in [2.75, 3.05) is 11.9 Å². The lowest BCUT2D eigenvalue weighted by Gasteiger charge is -2.27. The van der Waals surface area contributed by atoms with E-state index in [9.17, 15) is 26.4 Å². The lowest BCUT2D eigenvalue weighted by molar-refractivity contribution is -0.137. The molecule has 0 unspecified atom stereocenters. The van der Waals surface area contributed by atoms with Gasteiger partial charge in [-0.05, 0) is 68.8 Å². The predicted octanol–water partition coefficient (Wildman–Crippen LogP) is 6.31. The van der Waals surface area contributed by atoms with Gasteiger partial charge in [0.25, 0.3) is 0 Å². The van der Waals surface area contributed by atoms with E-state index in [4.69, 9.17) is 8.92 Å². The zero-order valence-electron chi connectivity index (χ0n) is 20.5. The van der Waals surface area contributed by atoms with E-state index >= 15 is 0 Å². The number of ether oxygens (including phenoxy) is 1.